The highest BCUT2D eigenvalue weighted by Crippen LogP contribution is 2.33. The van der Waals surface area contributed by atoms with E-state index in [0.29, 0.717) is 17.1 Å². The van der Waals surface area contributed by atoms with Gasteiger partial charge in [0.2, 0.25) is 6.61 Å². The monoisotopic (exact) mass is 297 g/mol. The molecule has 1 aromatic carbocycles. The molecule has 22 heavy (non-hydrogen) atoms. The number of aromatic nitrogens is 6. The summed E-state index contributed by atoms with van der Waals surface area (Å²) >= 11 is 0. The van der Waals surface area contributed by atoms with Gasteiger partial charge >= 0.3 is 5.97 Å². The number of oxime groups is 1. The van der Waals surface area contributed by atoms with Crippen molar-refractivity contribution in [3.05, 3.63) is 35.5 Å². The van der Waals surface area contributed by atoms with Crippen LogP contribution in [0.4, 0.5) is 0 Å². The average Bonchev–Trinajstić information content (AvgIpc) is 3.08. The largest absolute Gasteiger partial charge is 0.479 e. The number of carbonyl (C=O) groups is 1. The highest BCUT2D eigenvalue weighted by atomic mass is 16.6. The van der Waals surface area contributed by atoms with Gasteiger partial charge in [0.15, 0.2) is 0 Å². The van der Waals surface area contributed by atoms with Crippen LogP contribution in [0.5, 0.6) is 0 Å². The zero-order valence-corrected chi connectivity index (χ0v) is 10.9. The van der Waals surface area contributed by atoms with Crippen molar-refractivity contribution in [2.45, 2.75) is 0 Å². The fourth-order valence-corrected chi connectivity index (χ4v) is 2.22. The van der Waals surface area contributed by atoms with E-state index in [4.69, 9.17) is 9.94 Å². The van der Waals surface area contributed by atoms with E-state index in [9.17, 15) is 4.79 Å². The Morgan fingerprint density at radius 2 is 2.09 bits per heavy atom. The summed E-state index contributed by atoms with van der Waals surface area (Å²) in [5.74, 6) is -0.892. The molecule has 1 aliphatic rings. The summed E-state index contributed by atoms with van der Waals surface area (Å²) in [6.07, 6.45) is 0. The zero-order chi connectivity index (χ0) is 15.1. The maximum absolute atomic E-state index is 10.6. The number of rotatable bonds is 3. The first-order chi connectivity index (χ1) is 10.7. The van der Waals surface area contributed by atoms with Crippen LogP contribution in [0.3, 0.4) is 0 Å². The number of nitrogens with zero attached hydrogens (tertiary/aromatic N) is 7. The van der Waals surface area contributed by atoms with E-state index >= 15 is 0 Å². The lowest BCUT2D eigenvalue weighted by Gasteiger charge is -2.00. The molecular weight excluding hydrogens is 290 g/mol. The van der Waals surface area contributed by atoms with Gasteiger partial charge in [-0.05, 0) is 10.4 Å². The molecule has 10 heteroatoms. The summed E-state index contributed by atoms with van der Waals surface area (Å²) in [5.41, 5.74) is 2.98. The van der Waals surface area contributed by atoms with E-state index in [1.165, 1.54) is 4.63 Å². The van der Waals surface area contributed by atoms with E-state index in [2.05, 4.69) is 30.8 Å². The summed E-state index contributed by atoms with van der Waals surface area (Å²) in [6, 6.07) is 7.38. The van der Waals surface area contributed by atoms with E-state index in [1.807, 2.05) is 24.3 Å². The molecule has 0 fully saturated rings. The highest BCUT2D eigenvalue weighted by Gasteiger charge is 2.30. The second-order valence-corrected chi connectivity index (χ2v) is 4.43. The fraction of sp³-hybridized carbons (Fsp3) is 0.0833. The standard InChI is InChI=1S/C12H7N7O3/c20-8(21)5-22-16-10-7-4-2-1-3-6(7)9-11(10)13-12-14-17-18-19(12)15-9/h1-4H,5H2,(H,20,21). The first-order valence-electron chi connectivity index (χ1n) is 6.22. The van der Waals surface area contributed by atoms with Crippen molar-refractivity contribution in [3.63, 3.8) is 0 Å². The van der Waals surface area contributed by atoms with Crippen LogP contribution in [0.15, 0.2) is 29.4 Å². The Balaban J connectivity index is 1.90. The lowest BCUT2D eigenvalue weighted by molar-refractivity contribution is -0.142. The second kappa shape index (κ2) is 4.55. The number of fused-ring (bicyclic) bond motifs is 4. The molecule has 0 saturated carbocycles. The Labute approximate surface area is 122 Å². The molecule has 0 unspecified atom stereocenters. The summed E-state index contributed by atoms with van der Waals surface area (Å²) < 4.78 is 1.22. The molecule has 0 atom stereocenters. The number of carboxylic acids is 1. The minimum Gasteiger partial charge on any atom is -0.479 e. The van der Waals surface area contributed by atoms with E-state index in [-0.39, 0.29) is 5.78 Å². The molecule has 0 aliphatic heterocycles. The minimum atomic E-state index is -1.11. The van der Waals surface area contributed by atoms with Crippen LogP contribution in [0.2, 0.25) is 0 Å². The topological polar surface area (TPSA) is 128 Å². The summed E-state index contributed by atoms with van der Waals surface area (Å²) in [6.45, 7) is -0.539. The quantitative estimate of drug-likeness (QED) is 0.512. The molecular formula is C12H7N7O3. The minimum absolute atomic E-state index is 0.220. The van der Waals surface area contributed by atoms with Crippen molar-refractivity contribution in [1.29, 1.82) is 0 Å². The Morgan fingerprint density at radius 1 is 1.27 bits per heavy atom. The molecule has 0 radical (unpaired) electrons. The van der Waals surface area contributed by atoms with E-state index in [1.54, 1.807) is 0 Å². The predicted molar refractivity (Wildman–Crippen MR) is 71.0 cm³/mol. The van der Waals surface area contributed by atoms with E-state index < -0.39 is 12.6 Å². The Morgan fingerprint density at radius 3 is 2.91 bits per heavy atom. The lowest BCUT2D eigenvalue weighted by Crippen LogP contribution is -2.09. The number of tetrazole rings is 1. The van der Waals surface area contributed by atoms with Gasteiger partial charge in [-0.2, -0.15) is 0 Å². The average molecular weight is 297 g/mol. The summed E-state index contributed by atoms with van der Waals surface area (Å²) in [4.78, 5) is 19.7. The number of hydrogen-bond acceptors (Lipinski definition) is 8. The van der Waals surface area contributed by atoms with Gasteiger partial charge in [-0.1, -0.05) is 39.1 Å². The fourth-order valence-electron chi connectivity index (χ4n) is 2.22. The molecule has 0 saturated heterocycles. The van der Waals surface area contributed by atoms with Crippen LogP contribution in [-0.2, 0) is 9.63 Å². The maximum atomic E-state index is 10.6. The van der Waals surface area contributed by atoms with Gasteiger partial charge in [0.25, 0.3) is 5.78 Å². The molecule has 2 aromatic heterocycles. The molecule has 4 rings (SSSR count). The van der Waals surface area contributed by atoms with Gasteiger partial charge in [-0.25, -0.2) is 9.78 Å². The SMILES string of the molecule is O=C(O)CON=C1c2ccccc2-c2nn3nnnc3nc21. The number of hydrogen-bond donors (Lipinski definition) is 1. The second-order valence-electron chi connectivity index (χ2n) is 4.43. The Kier molecular flexibility index (Phi) is 2.55. The zero-order valence-electron chi connectivity index (χ0n) is 10.9. The molecule has 0 spiro atoms. The van der Waals surface area contributed by atoms with Crippen molar-refractivity contribution in [3.8, 4) is 11.3 Å². The van der Waals surface area contributed by atoms with Gasteiger partial charge in [0.05, 0.1) is 0 Å². The third kappa shape index (κ3) is 1.78. The van der Waals surface area contributed by atoms with Crippen LogP contribution in [0.1, 0.15) is 11.3 Å². The third-order valence-corrected chi connectivity index (χ3v) is 3.07. The normalized spacial score (nSPS) is 14.1. The van der Waals surface area contributed by atoms with Gasteiger partial charge < -0.3 is 9.94 Å². The van der Waals surface area contributed by atoms with Crippen molar-refractivity contribution < 1.29 is 14.7 Å². The van der Waals surface area contributed by atoms with Crippen molar-refractivity contribution in [1.82, 2.24) is 30.2 Å². The van der Waals surface area contributed by atoms with Crippen LogP contribution >= 0.6 is 0 Å². The van der Waals surface area contributed by atoms with Crippen molar-refractivity contribution in [2.24, 2.45) is 5.16 Å². The van der Waals surface area contributed by atoms with Crippen molar-refractivity contribution >= 4 is 17.5 Å². The first-order valence-corrected chi connectivity index (χ1v) is 6.22. The molecule has 2 heterocycles. The Hall–Kier alpha value is -3.43. The molecule has 0 amide bonds. The number of aliphatic carboxylic acids is 1. The lowest BCUT2D eigenvalue weighted by atomic mass is 10.1. The highest BCUT2D eigenvalue weighted by molar-refractivity contribution is 6.22. The third-order valence-electron chi connectivity index (χ3n) is 3.07. The first kappa shape index (κ1) is 12.3. The van der Waals surface area contributed by atoms with Crippen LogP contribution < -0.4 is 0 Å². The molecule has 10 nitrogen and oxygen atoms in total. The molecule has 0 bridgehead atoms. The summed E-state index contributed by atoms with van der Waals surface area (Å²) in [5, 5.41) is 27.8. The van der Waals surface area contributed by atoms with Crippen LogP contribution in [0.25, 0.3) is 17.0 Å². The van der Waals surface area contributed by atoms with Gasteiger partial charge in [-0.3, -0.25) is 0 Å². The number of benzene rings is 1. The van der Waals surface area contributed by atoms with Crippen LogP contribution in [-0.4, -0.2) is 53.6 Å². The molecule has 3 aromatic rings. The van der Waals surface area contributed by atoms with E-state index in [0.717, 1.165) is 11.1 Å². The molecule has 1 N–H and O–H groups in total. The smallest absolute Gasteiger partial charge is 0.344 e. The predicted octanol–water partition coefficient (Wildman–Crippen LogP) is -0.252. The van der Waals surface area contributed by atoms with Gasteiger partial charge in [0.1, 0.15) is 17.1 Å². The molecule has 1 aliphatic carbocycles. The van der Waals surface area contributed by atoms with Gasteiger partial charge in [0, 0.05) is 11.1 Å². The number of carboxylic acid groups (broad SMARTS) is 1. The van der Waals surface area contributed by atoms with Gasteiger partial charge in [-0.15, -0.1) is 5.10 Å². The van der Waals surface area contributed by atoms with Crippen LogP contribution in [0, 0.1) is 0 Å². The maximum Gasteiger partial charge on any atom is 0.344 e. The van der Waals surface area contributed by atoms with Crippen molar-refractivity contribution in [2.75, 3.05) is 6.61 Å². The summed E-state index contributed by atoms with van der Waals surface area (Å²) in [7, 11) is 0. The Bertz CT molecular complexity index is 933. The molecule has 108 valence electrons.